The minimum Gasteiger partial charge on any atom is -0.334 e. The van der Waals surface area contributed by atoms with Gasteiger partial charge in [0.1, 0.15) is 0 Å². The highest BCUT2D eigenvalue weighted by atomic mass is 16.5. The number of benzene rings is 2. The Bertz CT molecular complexity index is 931. The van der Waals surface area contributed by atoms with E-state index in [9.17, 15) is 4.79 Å². The quantitative estimate of drug-likeness (QED) is 0.755. The number of anilines is 1. The van der Waals surface area contributed by atoms with Gasteiger partial charge in [0.15, 0.2) is 0 Å². The summed E-state index contributed by atoms with van der Waals surface area (Å²) < 4.78 is 5.46. The van der Waals surface area contributed by atoms with Gasteiger partial charge in [0.25, 0.3) is 5.89 Å². The third-order valence-electron chi connectivity index (χ3n) is 4.51. The van der Waals surface area contributed by atoms with Crippen LogP contribution >= 0.6 is 0 Å². The Morgan fingerprint density at radius 3 is 2.77 bits per heavy atom. The number of aromatic nitrogens is 2. The zero-order valence-corrected chi connectivity index (χ0v) is 14.6. The van der Waals surface area contributed by atoms with Crippen LogP contribution < -0.4 is 10.6 Å². The fraction of sp³-hybridized carbons (Fsp3) is 0.250. The molecule has 0 aliphatic carbocycles. The average molecular weight is 348 g/mol. The monoisotopic (exact) mass is 348 g/mol. The number of carbonyl (C=O) groups is 1. The standard InChI is InChI=1S/C20H20N4O2/c1-2-18(25)22-17-7-5-13(6-8-17)19-23-20(26-24-19)15-3-4-16-12-21-10-9-14(16)11-15/h3-8,11,21H,2,9-10,12H2,1H3,(H,22,25). The van der Waals surface area contributed by atoms with E-state index in [1.165, 1.54) is 11.1 Å². The lowest BCUT2D eigenvalue weighted by atomic mass is 9.98. The van der Waals surface area contributed by atoms with E-state index in [0.29, 0.717) is 18.1 Å². The van der Waals surface area contributed by atoms with Crippen LogP contribution in [0.3, 0.4) is 0 Å². The highest BCUT2D eigenvalue weighted by molar-refractivity contribution is 5.90. The molecule has 132 valence electrons. The van der Waals surface area contributed by atoms with Crippen LogP contribution in [0, 0.1) is 0 Å². The van der Waals surface area contributed by atoms with Crippen molar-refractivity contribution < 1.29 is 9.32 Å². The molecule has 26 heavy (non-hydrogen) atoms. The highest BCUT2D eigenvalue weighted by Crippen LogP contribution is 2.26. The lowest BCUT2D eigenvalue weighted by Crippen LogP contribution is -2.23. The van der Waals surface area contributed by atoms with Gasteiger partial charge < -0.3 is 15.2 Å². The zero-order valence-electron chi connectivity index (χ0n) is 14.6. The molecule has 0 atom stereocenters. The molecule has 0 bridgehead atoms. The molecule has 1 aromatic heterocycles. The first-order chi connectivity index (χ1) is 12.7. The molecule has 0 spiro atoms. The second-order valence-electron chi connectivity index (χ2n) is 6.31. The third kappa shape index (κ3) is 3.36. The first kappa shape index (κ1) is 16.5. The Morgan fingerprint density at radius 2 is 1.96 bits per heavy atom. The molecule has 0 unspecified atom stereocenters. The predicted octanol–water partition coefficient (Wildman–Crippen LogP) is 3.40. The van der Waals surface area contributed by atoms with Gasteiger partial charge in [-0.05, 0) is 60.5 Å². The molecule has 3 aromatic rings. The number of rotatable bonds is 4. The molecule has 2 aromatic carbocycles. The molecular formula is C20H20N4O2. The molecule has 2 heterocycles. The minimum absolute atomic E-state index is 0.0118. The molecule has 1 aliphatic heterocycles. The van der Waals surface area contributed by atoms with Crippen molar-refractivity contribution in [1.29, 1.82) is 0 Å². The first-order valence-electron chi connectivity index (χ1n) is 8.80. The lowest BCUT2D eigenvalue weighted by Gasteiger charge is -2.16. The van der Waals surface area contributed by atoms with Crippen molar-refractivity contribution in [2.24, 2.45) is 0 Å². The number of hydrogen-bond acceptors (Lipinski definition) is 5. The van der Waals surface area contributed by atoms with E-state index in [1.807, 2.05) is 37.3 Å². The fourth-order valence-corrected chi connectivity index (χ4v) is 3.02. The van der Waals surface area contributed by atoms with E-state index >= 15 is 0 Å². The summed E-state index contributed by atoms with van der Waals surface area (Å²) in [7, 11) is 0. The van der Waals surface area contributed by atoms with Gasteiger partial charge in [0.05, 0.1) is 0 Å². The second-order valence-corrected chi connectivity index (χ2v) is 6.31. The smallest absolute Gasteiger partial charge is 0.258 e. The maximum absolute atomic E-state index is 11.4. The molecule has 2 N–H and O–H groups in total. The van der Waals surface area contributed by atoms with Crippen molar-refractivity contribution >= 4 is 11.6 Å². The van der Waals surface area contributed by atoms with Gasteiger partial charge >= 0.3 is 0 Å². The van der Waals surface area contributed by atoms with Crippen LogP contribution in [0.25, 0.3) is 22.8 Å². The maximum Gasteiger partial charge on any atom is 0.258 e. The van der Waals surface area contributed by atoms with Crippen LogP contribution in [0.2, 0.25) is 0 Å². The average Bonchev–Trinajstić information content (AvgIpc) is 3.18. The van der Waals surface area contributed by atoms with E-state index < -0.39 is 0 Å². The van der Waals surface area contributed by atoms with Crippen molar-refractivity contribution in [2.75, 3.05) is 11.9 Å². The topological polar surface area (TPSA) is 80.0 Å². The van der Waals surface area contributed by atoms with Gasteiger partial charge in [-0.25, -0.2) is 0 Å². The van der Waals surface area contributed by atoms with Crippen LogP contribution in [-0.4, -0.2) is 22.6 Å². The highest BCUT2D eigenvalue weighted by Gasteiger charge is 2.14. The Balaban J connectivity index is 1.55. The van der Waals surface area contributed by atoms with Crippen LogP contribution in [-0.2, 0) is 17.8 Å². The van der Waals surface area contributed by atoms with Crippen molar-refractivity contribution in [2.45, 2.75) is 26.3 Å². The summed E-state index contributed by atoms with van der Waals surface area (Å²) in [6.45, 7) is 3.72. The van der Waals surface area contributed by atoms with Crippen LogP contribution in [0.15, 0.2) is 47.0 Å². The van der Waals surface area contributed by atoms with Gasteiger partial charge in [0, 0.05) is 29.8 Å². The van der Waals surface area contributed by atoms with Gasteiger partial charge in [-0.1, -0.05) is 18.1 Å². The van der Waals surface area contributed by atoms with Gasteiger partial charge in [0.2, 0.25) is 11.7 Å². The van der Waals surface area contributed by atoms with Crippen LogP contribution in [0.5, 0.6) is 0 Å². The summed E-state index contributed by atoms with van der Waals surface area (Å²) in [5.74, 6) is 1.04. The van der Waals surface area contributed by atoms with E-state index in [2.05, 4.69) is 32.9 Å². The second kappa shape index (κ2) is 7.09. The van der Waals surface area contributed by atoms with Crippen molar-refractivity contribution in [3.8, 4) is 22.8 Å². The molecule has 6 heteroatoms. The largest absolute Gasteiger partial charge is 0.334 e. The Morgan fingerprint density at radius 1 is 1.15 bits per heavy atom. The molecule has 0 saturated carbocycles. The lowest BCUT2D eigenvalue weighted by molar-refractivity contribution is -0.115. The molecule has 0 fully saturated rings. The third-order valence-corrected chi connectivity index (χ3v) is 4.51. The normalized spacial score (nSPS) is 13.3. The number of carbonyl (C=O) groups excluding carboxylic acids is 1. The summed E-state index contributed by atoms with van der Waals surface area (Å²) in [4.78, 5) is 16.0. The molecule has 0 radical (unpaired) electrons. The summed E-state index contributed by atoms with van der Waals surface area (Å²) in [5.41, 5.74) is 5.20. The van der Waals surface area contributed by atoms with Crippen LogP contribution in [0.4, 0.5) is 5.69 Å². The fourth-order valence-electron chi connectivity index (χ4n) is 3.02. The Hall–Kier alpha value is -2.99. The Labute approximate surface area is 151 Å². The first-order valence-corrected chi connectivity index (χ1v) is 8.80. The van der Waals surface area contributed by atoms with E-state index in [4.69, 9.17) is 4.52 Å². The molecule has 1 amide bonds. The molecule has 1 aliphatic rings. The predicted molar refractivity (Wildman–Crippen MR) is 99.5 cm³/mol. The Kier molecular flexibility index (Phi) is 4.50. The van der Waals surface area contributed by atoms with E-state index in [-0.39, 0.29) is 5.91 Å². The molecule has 0 saturated heterocycles. The van der Waals surface area contributed by atoms with Crippen molar-refractivity contribution in [1.82, 2.24) is 15.5 Å². The molecule has 4 rings (SSSR count). The summed E-state index contributed by atoms with van der Waals surface area (Å²) >= 11 is 0. The number of nitrogens with zero attached hydrogens (tertiary/aromatic N) is 2. The summed E-state index contributed by atoms with van der Waals surface area (Å²) in [6, 6.07) is 13.7. The molecular weight excluding hydrogens is 328 g/mol. The zero-order chi connectivity index (χ0) is 17.9. The van der Waals surface area contributed by atoms with Crippen LogP contribution in [0.1, 0.15) is 24.5 Å². The summed E-state index contributed by atoms with van der Waals surface area (Å²) in [6.07, 6.45) is 1.46. The molecule has 6 nitrogen and oxygen atoms in total. The number of nitrogens with one attached hydrogen (secondary N) is 2. The van der Waals surface area contributed by atoms with E-state index in [0.717, 1.165) is 36.3 Å². The number of fused-ring (bicyclic) bond motifs is 1. The minimum atomic E-state index is -0.0118. The van der Waals surface area contributed by atoms with Gasteiger partial charge in [-0.15, -0.1) is 0 Å². The van der Waals surface area contributed by atoms with Gasteiger partial charge in [-0.2, -0.15) is 4.98 Å². The number of hydrogen-bond donors (Lipinski definition) is 2. The maximum atomic E-state index is 11.4. The van der Waals surface area contributed by atoms with Crippen molar-refractivity contribution in [3.63, 3.8) is 0 Å². The van der Waals surface area contributed by atoms with Crippen molar-refractivity contribution in [3.05, 3.63) is 53.6 Å². The number of amides is 1. The van der Waals surface area contributed by atoms with Gasteiger partial charge in [-0.3, -0.25) is 4.79 Å². The SMILES string of the molecule is CCC(=O)Nc1ccc(-c2noc(-c3ccc4c(c3)CCNC4)n2)cc1. The van der Waals surface area contributed by atoms with E-state index in [1.54, 1.807) is 0 Å². The summed E-state index contributed by atoms with van der Waals surface area (Å²) in [5, 5.41) is 10.3.